The molecule has 2 bridgehead atoms. The van der Waals surface area contributed by atoms with E-state index in [0.29, 0.717) is 32.2 Å². The van der Waals surface area contributed by atoms with Gasteiger partial charge in [-0.25, -0.2) is 4.79 Å². The summed E-state index contributed by atoms with van der Waals surface area (Å²) in [6.45, 7) is 15.9. The molecule has 0 spiro atoms. The number of nitrogens with zero attached hydrogens (tertiary/aromatic N) is 1. The van der Waals surface area contributed by atoms with Crippen LogP contribution in [0, 0.1) is 17.3 Å². The molecule has 0 radical (unpaired) electrons. The number of ketones is 1. The summed E-state index contributed by atoms with van der Waals surface area (Å²) in [5, 5.41) is 17.9. The van der Waals surface area contributed by atoms with Crippen molar-refractivity contribution in [1.82, 2.24) is 15.5 Å². The molecule has 12 nitrogen and oxygen atoms in total. The van der Waals surface area contributed by atoms with E-state index in [9.17, 15) is 19.5 Å². The van der Waals surface area contributed by atoms with Gasteiger partial charge in [-0.15, -0.1) is 0 Å². The third-order valence-corrected chi connectivity index (χ3v) is 10.9. The zero-order chi connectivity index (χ0) is 33.5. The largest absolute Gasteiger partial charge is 0.457 e. The second-order valence-electron chi connectivity index (χ2n) is 14.7. The Morgan fingerprint density at radius 2 is 1.78 bits per heavy atom. The Morgan fingerprint density at radius 3 is 2.40 bits per heavy atom. The standard InChI is InChI=1S/C33H57N3O9/c1-11-23-33(12-2)25(35-30(40)45-33)21(6)34-17-18(3)16-32(8)27(44-28-24(37)22(36(9)10)15-19(4)42-28)20(5)26(38)31(7,13-14-41-32)29(39)43-23/h18-25,27-28,34,37H,11-17H2,1-10H3,(H,35,40)/t18-,19-,20+,21-,22?,23-,24?,25-,27-,28+,31+,32+,33-/m1/s1. The molecule has 45 heavy (non-hydrogen) atoms. The zero-order valence-electron chi connectivity index (χ0n) is 28.9. The van der Waals surface area contributed by atoms with Crippen molar-refractivity contribution < 1.29 is 43.2 Å². The fourth-order valence-corrected chi connectivity index (χ4v) is 8.21. The third kappa shape index (κ3) is 6.78. The predicted octanol–water partition coefficient (Wildman–Crippen LogP) is 2.79. The van der Waals surface area contributed by atoms with E-state index in [0.717, 1.165) is 0 Å². The number of alkyl carbamates (subject to hydrolysis) is 1. The van der Waals surface area contributed by atoms with Crippen LogP contribution in [0.2, 0.25) is 0 Å². The monoisotopic (exact) mass is 639 g/mol. The molecule has 0 aromatic carbocycles. The van der Waals surface area contributed by atoms with Gasteiger partial charge < -0.3 is 44.3 Å². The molecule has 0 saturated carbocycles. The lowest BCUT2D eigenvalue weighted by atomic mass is 9.70. The van der Waals surface area contributed by atoms with Crippen molar-refractivity contribution in [2.75, 3.05) is 27.2 Å². The van der Waals surface area contributed by atoms with Crippen LogP contribution in [0.5, 0.6) is 0 Å². The Labute approximate surface area is 268 Å². The van der Waals surface area contributed by atoms with Gasteiger partial charge in [-0.05, 0) is 86.4 Å². The Morgan fingerprint density at radius 1 is 1.09 bits per heavy atom. The van der Waals surface area contributed by atoms with E-state index in [1.165, 1.54) is 0 Å². The molecule has 12 heteroatoms. The molecule has 0 aromatic rings. The average Bonchev–Trinajstić information content (AvgIpc) is 3.33. The van der Waals surface area contributed by atoms with Gasteiger partial charge in [0.1, 0.15) is 17.6 Å². The number of nitrogens with one attached hydrogen (secondary N) is 2. The van der Waals surface area contributed by atoms with Crippen LogP contribution in [-0.4, -0.2) is 115 Å². The highest BCUT2D eigenvalue weighted by Gasteiger charge is 2.59. The zero-order valence-corrected chi connectivity index (χ0v) is 28.9. The van der Waals surface area contributed by atoms with Crippen molar-refractivity contribution in [2.45, 2.75) is 148 Å². The van der Waals surface area contributed by atoms with Gasteiger partial charge in [0.2, 0.25) is 0 Å². The van der Waals surface area contributed by atoms with Crippen molar-refractivity contribution in [3.05, 3.63) is 0 Å². The number of hydrogen-bond donors (Lipinski definition) is 3. The number of amides is 1. The fraction of sp³-hybridized carbons (Fsp3) is 0.909. The number of aliphatic hydroxyl groups is 1. The molecular formula is C33H57N3O9. The Hall–Kier alpha value is -1.83. The maximum absolute atomic E-state index is 14.5. The first-order chi connectivity index (χ1) is 21.0. The Balaban J connectivity index is 1.77. The summed E-state index contributed by atoms with van der Waals surface area (Å²) in [4.78, 5) is 43.3. The molecule has 0 aliphatic carbocycles. The topological polar surface area (TPSA) is 145 Å². The maximum Gasteiger partial charge on any atom is 0.408 e. The molecule has 5 aliphatic rings. The fourth-order valence-electron chi connectivity index (χ4n) is 8.21. The molecular weight excluding hydrogens is 582 g/mol. The smallest absolute Gasteiger partial charge is 0.408 e. The lowest BCUT2D eigenvalue weighted by molar-refractivity contribution is -0.299. The second-order valence-corrected chi connectivity index (χ2v) is 14.7. The summed E-state index contributed by atoms with van der Waals surface area (Å²) in [6, 6.07) is -0.884. The van der Waals surface area contributed by atoms with Crippen LogP contribution in [0.15, 0.2) is 0 Å². The molecule has 13 atom stereocenters. The van der Waals surface area contributed by atoms with Crippen LogP contribution in [0.25, 0.3) is 0 Å². The number of carbonyl (C=O) groups is 3. The quantitative estimate of drug-likeness (QED) is 0.302. The minimum absolute atomic E-state index is 0.0568. The van der Waals surface area contributed by atoms with Crippen LogP contribution < -0.4 is 10.6 Å². The number of carbonyl (C=O) groups excluding carboxylic acids is 3. The minimum atomic E-state index is -1.54. The molecule has 3 N–H and O–H groups in total. The van der Waals surface area contributed by atoms with Gasteiger partial charge in [-0.1, -0.05) is 27.7 Å². The van der Waals surface area contributed by atoms with Gasteiger partial charge in [0.15, 0.2) is 17.7 Å². The Kier molecular flexibility index (Phi) is 11.0. The molecule has 258 valence electrons. The molecule has 5 heterocycles. The van der Waals surface area contributed by atoms with Crippen LogP contribution in [0.1, 0.15) is 87.5 Å². The van der Waals surface area contributed by atoms with E-state index in [2.05, 4.69) is 17.6 Å². The van der Waals surface area contributed by atoms with Gasteiger partial charge in [-0.2, -0.15) is 0 Å². The van der Waals surface area contributed by atoms with Gasteiger partial charge in [0.25, 0.3) is 0 Å². The lowest BCUT2D eigenvalue weighted by Crippen LogP contribution is -2.62. The first kappa shape index (κ1) is 36.0. The van der Waals surface area contributed by atoms with E-state index in [1.807, 2.05) is 53.6 Å². The molecule has 5 fully saturated rings. The molecule has 5 rings (SSSR count). The number of likely N-dealkylation sites (N-methyl/N-ethyl adjacent to an activating group) is 1. The highest BCUT2D eigenvalue weighted by molar-refractivity contribution is 6.04. The second kappa shape index (κ2) is 13.7. The number of fused-ring (bicyclic) bond motifs is 10. The van der Waals surface area contributed by atoms with Crippen molar-refractivity contribution in [3.63, 3.8) is 0 Å². The summed E-state index contributed by atoms with van der Waals surface area (Å²) >= 11 is 0. The summed E-state index contributed by atoms with van der Waals surface area (Å²) in [7, 11) is 3.82. The van der Waals surface area contributed by atoms with Crippen LogP contribution >= 0.6 is 0 Å². The highest BCUT2D eigenvalue weighted by atomic mass is 16.7. The summed E-state index contributed by atoms with van der Waals surface area (Å²) in [5.74, 6) is -1.74. The van der Waals surface area contributed by atoms with E-state index < -0.39 is 65.2 Å². The van der Waals surface area contributed by atoms with E-state index >= 15 is 0 Å². The number of Topliss-reactive ketones (excluding diaryl/α,β-unsaturated/α-hetero) is 1. The Bertz CT molecular complexity index is 1090. The van der Waals surface area contributed by atoms with Gasteiger partial charge >= 0.3 is 12.1 Å². The first-order valence-electron chi connectivity index (χ1n) is 16.8. The molecule has 5 saturated heterocycles. The SMILES string of the molecule is CC[C@H]1OC(=O)[C@@]2(C)CCO[C@@](C)(C[C@@H](C)CN[C@H](C)[C@H]3NC(=O)O[C@@]31CC)[C@H](O[C@@H]1O[C@H](C)CC(N(C)C)C1O)[C@@H](C)C2=O. The normalized spacial score (nSPS) is 46.8. The molecule has 1 amide bonds. The van der Waals surface area contributed by atoms with Gasteiger partial charge in [-0.3, -0.25) is 9.59 Å². The summed E-state index contributed by atoms with van der Waals surface area (Å²) in [6.07, 6.45) is -2.21. The molecule has 5 aliphatic heterocycles. The molecule has 2 unspecified atom stereocenters. The third-order valence-electron chi connectivity index (χ3n) is 10.9. The number of aliphatic hydroxyl groups excluding tert-OH is 1. The minimum Gasteiger partial charge on any atom is -0.457 e. The van der Waals surface area contributed by atoms with E-state index in [1.54, 1.807) is 13.8 Å². The van der Waals surface area contributed by atoms with Gasteiger partial charge in [0, 0.05) is 24.6 Å². The number of rotatable bonds is 5. The van der Waals surface area contributed by atoms with Crippen molar-refractivity contribution >= 4 is 17.8 Å². The van der Waals surface area contributed by atoms with Crippen molar-refractivity contribution in [1.29, 1.82) is 0 Å². The predicted molar refractivity (Wildman–Crippen MR) is 166 cm³/mol. The highest BCUT2D eigenvalue weighted by Crippen LogP contribution is 2.43. The van der Waals surface area contributed by atoms with E-state index in [-0.39, 0.29) is 42.9 Å². The summed E-state index contributed by atoms with van der Waals surface area (Å²) < 4.78 is 31.6. The summed E-state index contributed by atoms with van der Waals surface area (Å²) in [5.41, 5.74) is -3.61. The molecule has 0 aromatic heterocycles. The number of esters is 1. The van der Waals surface area contributed by atoms with Crippen LogP contribution in [-0.2, 0) is 33.3 Å². The maximum atomic E-state index is 14.5. The average molecular weight is 640 g/mol. The van der Waals surface area contributed by atoms with E-state index in [4.69, 9.17) is 23.7 Å². The van der Waals surface area contributed by atoms with Crippen LogP contribution in [0.3, 0.4) is 0 Å². The lowest BCUT2D eigenvalue weighted by Gasteiger charge is -2.49. The first-order valence-corrected chi connectivity index (χ1v) is 16.8. The number of ether oxygens (including phenoxy) is 5. The van der Waals surface area contributed by atoms with Crippen molar-refractivity contribution in [3.8, 4) is 0 Å². The van der Waals surface area contributed by atoms with Crippen LogP contribution in [0.4, 0.5) is 4.79 Å². The van der Waals surface area contributed by atoms with Gasteiger partial charge in [0.05, 0.1) is 23.9 Å². The number of hydrogen-bond acceptors (Lipinski definition) is 11. The van der Waals surface area contributed by atoms with Crippen molar-refractivity contribution in [2.24, 2.45) is 17.3 Å².